The number of hydrogen-bond acceptors (Lipinski definition) is 3. The summed E-state index contributed by atoms with van der Waals surface area (Å²) in [5.74, 6) is 0. The molecule has 1 aromatic carbocycles. The van der Waals surface area contributed by atoms with Gasteiger partial charge >= 0.3 is 29.6 Å². The van der Waals surface area contributed by atoms with Gasteiger partial charge in [0.2, 0.25) is 0 Å². The summed E-state index contributed by atoms with van der Waals surface area (Å²) in [6, 6.07) is 9.76. The van der Waals surface area contributed by atoms with Gasteiger partial charge in [0.1, 0.15) is 0 Å². The zero-order chi connectivity index (χ0) is 10.7. The summed E-state index contributed by atoms with van der Waals surface area (Å²) in [4.78, 5) is 0. The maximum absolute atomic E-state index is 10.8. The van der Waals surface area contributed by atoms with Crippen LogP contribution in [0, 0.1) is 0 Å². The number of hydrogen-bond donors (Lipinski definition) is 0. The van der Waals surface area contributed by atoms with Crippen molar-refractivity contribution in [3.05, 3.63) is 35.9 Å². The van der Waals surface area contributed by atoms with E-state index >= 15 is 0 Å². The summed E-state index contributed by atoms with van der Waals surface area (Å²) in [7, 11) is 0. The van der Waals surface area contributed by atoms with Gasteiger partial charge in [-0.25, -0.2) is 0 Å². The van der Waals surface area contributed by atoms with Crippen LogP contribution in [0.15, 0.2) is 30.3 Å². The van der Waals surface area contributed by atoms with Crippen molar-refractivity contribution in [2.24, 2.45) is 0 Å². The van der Waals surface area contributed by atoms with Crippen LogP contribution >= 0.6 is 0 Å². The maximum atomic E-state index is 10.8. The fourth-order valence-corrected chi connectivity index (χ4v) is 2.04. The minimum absolute atomic E-state index is 0. The number of benzene rings is 1. The second-order valence-electron chi connectivity index (χ2n) is 3.90. The summed E-state index contributed by atoms with van der Waals surface area (Å²) in [5.41, 5.74) is 1.07. The third-order valence-electron chi connectivity index (χ3n) is 2.64. The molecule has 2 rings (SSSR count). The van der Waals surface area contributed by atoms with Gasteiger partial charge in [0.05, 0.1) is 18.0 Å². The molecule has 0 spiro atoms. The Kier molecular flexibility index (Phi) is 5.64. The molecule has 84 valence electrons. The average Bonchev–Trinajstić information content (AvgIpc) is 3.01. The van der Waals surface area contributed by atoms with E-state index in [2.05, 4.69) is 0 Å². The summed E-state index contributed by atoms with van der Waals surface area (Å²) < 4.78 is 26.5. The van der Waals surface area contributed by atoms with Gasteiger partial charge < -0.3 is 10.7 Å². The molecule has 0 heterocycles. The van der Waals surface area contributed by atoms with E-state index in [-0.39, 0.29) is 31.0 Å². The van der Waals surface area contributed by atoms with E-state index in [1.165, 1.54) is 0 Å². The number of rotatable bonds is 5. The second-order valence-corrected chi connectivity index (χ2v) is 5.23. The largest absolute Gasteiger partial charge is 1.00 e. The molecular formula is C11H14NaO3S-. The van der Waals surface area contributed by atoms with E-state index in [1.807, 2.05) is 30.3 Å². The molecule has 5 heteroatoms. The number of ether oxygens (including phenoxy) is 1. The summed E-state index contributed by atoms with van der Waals surface area (Å²) >= 11 is -2.00. The Morgan fingerprint density at radius 1 is 1.38 bits per heavy atom. The van der Waals surface area contributed by atoms with E-state index in [4.69, 9.17) is 4.74 Å². The molecule has 0 bridgehead atoms. The van der Waals surface area contributed by atoms with Gasteiger partial charge in [0, 0.05) is 0 Å². The van der Waals surface area contributed by atoms with Gasteiger partial charge in [-0.2, -0.15) is 0 Å². The van der Waals surface area contributed by atoms with Crippen molar-refractivity contribution in [2.75, 3.05) is 6.61 Å². The first-order valence-corrected chi connectivity index (χ1v) is 6.01. The fraction of sp³-hybridized carbons (Fsp3) is 0.455. The van der Waals surface area contributed by atoms with E-state index in [1.54, 1.807) is 0 Å². The van der Waals surface area contributed by atoms with Crippen LogP contribution in [0.3, 0.4) is 0 Å². The van der Waals surface area contributed by atoms with Crippen molar-refractivity contribution >= 4 is 11.1 Å². The van der Waals surface area contributed by atoms with Crippen LogP contribution in [0.5, 0.6) is 0 Å². The molecule has 0 aromatic heterocycles. The van der Waals surface area contributed by atoms with Crippen molar-refractivity contribution in [3.8, 4) is 0 Å². The van der Waals surface area contributed by atoms with Crippen molar-refractivity contribution in [2.45, 2.75) is 24.2 Å². The van der Waals surface area contributed by atoms with Crippen LogP contribution < -0.4 is 29.6 Å². The molecule has 3 nitrogen and oxygen atoms in total. The molecule has 1 fully saturated rings. The Balaban J connectivity index is 0.00000128. The second kappa shape index (κ2) is 6.28. The van der Waals surface area contributed by atoms with Crippen molar-refractivity contribution in [1.82, 2.24) is 0 Å². The first-order valence-electron chi connectivity index (χ1n) is 4.94. The Bertz CT molecular complexity index is 357. The molecule has 0 N–H and O–H groups in total. The minimum Gasteiger partial charge on any atom is -1.00 e. The van der Waals surface area contributed by atoms with Gasteiger partial charge in [-0.3, -0.25) is 4.21 Å². The molecule has 1 aromatic rings. The summed E-state index contributed by atoms with van der Waals surface area (Å²) in [5, 5.41) is 0. The Morgan fingerprint density at radius 3 is 2.50 bits per heavy atom. The zero-order valence-electron chi connectivity index (χ0n) is 10.3. The molecule has 0 aliphatic heterocycles. The molecular weight excluding hydrogens is 235 g/mol. The zero-order valence-corrected chi connectivity index (χ0v) is 12.2. The first-order chi connectivity index (χ1) is 7.23. The Hall–Kier alpha value is 0.290. The first kappa shape index (κ1) is 14.4. The monoisotopic (exact) mass is 249 g/mol. The van der Waals surface area contributed by atoms with E-state index < -0.39 is 15.8 Å². The van der Waals surface area contributed by atoms with Gasteiger partial charge in [0.25, 0.3) is 0 Å². The van der Waals surface area contributed by atoms with Gasteiger partial charge in [-0.15, -0.1) is 0 Å². The van der Waals surface area contributed by atoms with Crippen LogP contribution in [0.4, 0.5) is 0 Å². The molecule has 16 heavy (non-hydrogen) atoms. The van der Waals surface area contributed by atoms with Crippen LogP contribution in [-0.2, 0) is 22.4 Å². The van der Waals surface area contributed by atoms with Crippen LogP contribution in [0.2, 0.25) is 0 Å². The molecule has 1 unspecified atom stereocenters. The van der Waals surface area contributed by atoms with Crippen LogP contribution in [0.25, 0.3) is 0 Å². The Labute approximate surface area is 122 Å². The van der Waals surface area contributed by atoms with Crippen LogP contribution in [0.1, 0.15) is 19.8 Å². The van der Waals surface area contributed by atoms with E-state index in [0.717, 1.165) is 18.4 Å². The molecule has 0 saturated heterocycles. The van der Waals surface area contributed by atoms with Crippen molar-refractivity contribution < 1.29 is 44.5 Å². The van der Waals surface area contributed by atoms with Crippen LogP contribution in [-0.4, -0.2) is 20.1 Å². The molecule has 0 radical (unpaired) electrons. The predicted octanol–water partition coefficient (Wildman–Crippen LogP) is -1.27. The fourth-order valence-electron chi connectivity index (χ4n) is 1.43. The topological polar surface area (TPSA) is 49.4 Å². The van der Waals surface area contributed by atoms with Gasteiger partial charge in [0.15, 0.2) is 0 Å². The molecule has 1 aliphatic carbocycles. The minimum atomic E-state index is -2.00. The molecule has 1 aliphatic rings. The standard InChI is InChI=1S/C11H14O3S.Na.H/c12-15(13)11(6-7-11)9-14-8-10-4-2-1-3-5-10;;/h1-5H,6-9H2,(H,12,13);;/q;+1;-1/p-1. The predicted molar refractivity (Wildman–Crippen MR) is 58.1 cm³/mol. The molecule has 0 amide bonds. The van der Waals surface area contributed by atoms with E-state index in [9.17, 15) is 8.76 Å². The van der Waals surface area contributed by atoms with Gasteiger partial charge in [-0.05, 0) is 29.5 Å². The maximum Gasteiger partial charge on any atom is 1.00 e. The van der Waals surface area contributed by atoms with Gasteiger partial charge in [-0.1, -0.05) is 30.3 Å². The third kappa shape index (κ3) is 3.65. The molecule has 1 saturated carbocycles. The molecule has 1 atom stereocenters. The summed E-state index contributed by atoms with van der Waals surface area (Å²) in [6.07, 6.45) is 1.47. The summed E-state index contributed by atoms with van der Waals surface area (Å²) in [6.45, 7) is 0.803. The van der Waals surface area contributed by atoms with Crippen molar-refractivity contribution in [3.63, 3.8) is 0 Å². The quantitative estimate of drug-likeness (QED) is 0.483. The smallest absolute Gasteiger partial charge is 1.00 e. The average molecular weight is 249 g/mol. The Morgan fingerprint density at radius 2 is 2.00 bits per heavy atom. The van der Waals surface area contributed by atoms with E-state index in [0.29, 0.717) is 13.2 Å². The SMILES string of the molecule is O=S([O-])C1(COCc2ccccc2)CC1.[H-].[Na+]. The van der Waals surface area contributed by atoms with Crippen molar-refractivity contribution in [1.29, 1.82) is 0 Å². The third-order valence-corrected chi connectivity index (χ3v) is 3.87. The normalized spacial score (nSPS) is 18.6.